The Morgan fingerprint density at radius 3 is 2.38 bits per heavy atom. The lowest BCUT2D eigenvalue weighted by atomic mass is 10.1. The number of methoxy groups -OCH3 is 2. The van der Waals surface area contributed by atoms with E-state index in [0.717, 1.165) is 21.0 Å². The number of carbonyl (C=O) groups excluding carboxylic acids is 4. The summed E-state index contributed by atoms with van der Waals surface area (Å²) in [6.45, 7) is 0.0591. The van der Waals surface area contributed by atoms with Gasteiger partial charge in [0.1, 0.15) is 6.04 Å². The van der Waals surface area contributed by atoms with Crippen molar-refractivity contribution in [1.82, 2.24) is 4.90 Å². The fourth-order valence-corrected chi connectivity index (χ4v) is 3.93. The Morgan fingerprint density at radius 2 is 1.76 bits per heavy atom. The third kappa shape index (κ3) is 5.63. The zero-order chi connectivity index (χ0) is 24.8. The summed E-state index contributed by atoms with van der Waals surface area (Å²) in [5.41, 5.74) is 1.18. The summed E-state index contributed by atoms with van der Waals surface area (Å²) >= 11 is 3.31. The minimum Gasteiger partial charge on any atom is -0.545 e. The van der Waals surface area contributed by atoms with Crippen molar-refractivity contribution in [3.63, 3.8) is 0 Å². The number of ether oxygens (including phenoxy) is 2. The van der Waals surface area contributed by atoms with Crippen molar-refractivity contribution in [3.8, 4) is 11.5 Å². The van der Waals surface area contributed by atoms with Crippen molar-refractivity contribution in [2.24, 2.45) is 0 Å². The molecule has 0 bridgehead atoms. The van der Waals surface area contributed by atoms with Gasteiger partial charge in [-0.2, -0.15) is 0 Å². The number of nitrogens with zero attached hydrogens (tertiary/aromatic N) is 2. The lowest BCUT2D eigenvalue weighted by Gasteiger charge is -2.27. The maximum absolute atomic E-state index is 13.2. The molecular formula is C24H22BrN2O7-. The van der Waals surface area contributed by atoms with Crippen LogP contribution in [-0.4, -0.2) is 55.4 Å². The normalized spacial score (nSPS) is 15.6. The summed E-state index contributed by atoms with van der Waals surface area (Å²) in [6, 6.07) is 10.8. The number of carboxylic acids is 1. The molecule has 3 rings (SSSR count). The molecule has 0 aromatic heterocycles. The molecule has 9 nitrogen and oxygen atoms in total. The molecule has 10 heteroatoms. The van der Waals surface area contributed by atoms with E-state index < -0.39 is 29.7 Å². The molecule has 0 aliphatic carbocycles. The van der Waals surface area contributed by atoms with Gasteiger partial charge in [0.2, 0.25) is 11.8 Å². The Morgan fingerprint density at radius 1 is 1.09 bits per heavy atom. The van der Waals surface area contributed by atoms with Crippen LogP contribution in [0.3, 0.4) is 0 Å². The van der Waals surface area contributed by atoms with Gasteiger partial charge in [-0.05, 0) is 54.5 Å². The van der Waals surface area contributed by atoms with Gasteiger partial charge in [-0.25, -0.2) is 4.90 Å². The maximum atomic E-state index is 13.2. The van der Waals surface area contributed by atoms with Gasteiger partial charge in [-0.3, -0.25) is 14.4 Å². The second kappa shape index (κ2) is 11.0. The number of halogens is 1. The number of amides is 3. The number of carboxylic acid groups (broad SMARTS) is 1. The SMILES string of the molecule is COc1ccc(CCN(C(=O)/C=C/C(=O)[O-])[C@@H]2CC(=O)N(c3ccc(Br)cc3)C2=O)cc1OC. The average Bonchev–Trinajstić information content (AvgIpc) is 3.11. The highest BCUT2D eigenvalue weighted by atomic mass is 79.9. The van der Waals surface area contributed by atoms with Crippen molar-refractivity contribution in [1.29, 1.82) is 0 Å². The van der Waals surface area contributed by atoms with Crippen LogP contribution in [0.25, 0.3) is 0 Å². The van der Waals surface area contributed by atoms with E-state index in [0.29, 0.717) is 29.7 Å². The minimum absolute atomic E-state index is 0.0591. The summed E-state index contributed by atoms with van der Waals surface area (Å²) in [4.78, 5) is 51.8. The van der Waals surface area contributed by atoms with Gasteiger partial charge < -0.3 is 24.3 Å². The molecule has 1 aliphatic rings. The zero-order valence-corrected chi connectivity index (χ0v) is 20.1. The first-order chi connectivity index (χ1) is 16.2. The number of aliphatic carboxylic acids is 1. The van der Waals surface area contributed by atoms with Crippen LogP contribution in [0, 0.1) is 0 Å². The number of anilines is 1. The molecule has 2 aromatic carbocycles. The fourth-order valence-electron chi connectivity index (χ4n) is 3.66. The number of imide groups is 1. The van der Waals surface area contributed by atoms with Gasteiger partial charge in [0.05, 0.1) is 32.3 Å². The second-order valence-electron chi connectivity index (χ2n) is 7.39. The van der Waals surface area contributed by atoms with E-state index in [1.54, 1.807) is 42.5 Å². The van der Waals surface area contributed by atoms with Gasteiger partial charge in [0.15, 0.2) is 11.5 Å². The number of rotatable bonds is 9. The zero-order valence-electron chi connectivity index (χ0n) is 18.5. The molecule has 1 saturated heterocycles. The predicted octanol–water partition coefficient (Wildman–Crippen LogP) is 1.48. The van der Waals surface area contributed by atoms with E-state index in [1.165, 1.54) is 19.1 Å². The molecule has 178 valence electrons. The van der Waals surface area contributed by atoms with Crippen LogP contribution < -0.4 is 19.5 Å². The number of carbonyl (C=O) groups is 4. The Labute approximate surface area is 204 Å². The molecule has 0 N–H and O–H groups in total. The molecule has 3 amide bonds. The lowest BCUT2D eigenvalue weighted by molar-refractivity contribution is -0.297. The van der Waals surface area contributed by atoms with E-state index >= 15 is 0 Å². The highest BCUT2D eigenvalue weighted by molar-refractivity contribution is 9.10. The van der Waals surface area contributed by atoms with Crippen LogP contribution in [0.15, 0.2) is 59.1 Å². The van der Waals surface area contributed by atoms with Crippen LogP contribution in [-0.2, 0) is 25.6 Å². The van der Waals surface area contributed by atoms with Crippen molar-refractivity contribution >= 4 is 45.3 Å². The van der Waals surface area contributed by atoms with Crippen LogP contribution >= 0.6 is 15.9 Å². The number of hydrogen-bond donors (Lipinski definition) is 0. The second-order valence-corrected chi connectivity index (χ2v) is 8.30. The summed E-state index contributed by atoms with van der Waals surface area (Å²) in [6.07, 6.45) is 1.52. The monoisotopic (exact) mass is 529 g/mol. The Bertz CT molecular complexity index is 1130. The van der Waals surface area contributed by atoms with Crippen molar-refractivity contribution in [3.05, 3.63) is 64.7 Å². The van der Waals surface area contributed by atoms with E-state index in [-0.39, 0.29) is 13.0 Å². The minimum atomic E-state index is -1.54. The first kappa shape index (κ1) is 25.0. The van der Waals surface area contributed by atoms with Gasteiger partial charge >= 0.3 is 0 Å². The highest BCUT2D eigenvalue weighted by Crippen LogP contribution is 2.29. The standard InChI is InChI=1S/C24H23BrN2O7/c1-33-19-8-3-15(13-20(19)34-2)11-12-26(21(28)9-10-23(30)31)18-14-22(29)27(24(18)32)17-6-4-16(25)5-7-17/h3-10,13,18H,11-12,14H2,1-2H3,(H,30,31)/p-1/b10-9+/t18-/m1/s1. The van der Waals surface area contributed by atoms with Crippen molar-refractivity contribution in [2.45, 2.75) is 18.9 Å². The highest BCUT2D eigenvalue weighted by Gasteiger charge is 2.43. The third-order valence-corrected chi connectivity index (χ3v) is 5.85. The van der Waals surface area contributed by atoms with Crippen LogP contribution in [0.4, 0.5) is 5.69 Å². The summed E-state index contributed by atoms with van der Waals surface area (Å²) < 4.78 is 11.3. The maximum Gasteiger partial charge on any atom is 0.257 e. The number of hydrogen-bond acceptors (Lipinski definition) is 7. The average molecular weight is 530 g/mol. The molecule has 0 saturated carbocycles. The molecule has 0 spiro atoms. The van der Waals surface area contributed by atoms with Gasteiger partial charge in [-0.1, -0.05) is 22.0 Å². The Hall–Kier alpha value is -3.66. The molecule has 1 aliphatic heterocycles. The molecule has 34 heavy (non-hydrogen) atoms. The smallest absolute Gasteiger partial charge is 0.257 e. The molecule has 0 radical (unpaired) electrons. The first-order valence-corrected chi connectivity index (χ1v) is 11.1. The molecule has 0 unspecified atom stereocenters. The molecule has 2 aromatic rings. The van der Waals surface area contributed by atoms with Crippen LogP contribution in [0.2, 0.25) is 0 Å². The quantitative estimate of drug-likeness (QED) is 0.356. The third-order valence-electron chi connectivity index (χ3n) is 5.32. The first-order valence-electron chi connectivity index (χ1n) is 10.3. The van der Waals surface area contributed by atoms with Crippen molar-refractivity contribution < 1.29 is 33.8 Å². The van der Waals surface area contributed by atoms with E-state index in [4.69, 9.17) is 9.47 Å². The predicted molar refractivity (Wildman–Crippen MR) is 124 cm³/mol. The molecule has 1 heterocycles. The fraction of sp³-hybridized carbons (Fsp3) is 0.250. The lowest BCUT2D eigenvalue weighted by Crippen LogP contribution is -2.46. The largest absolute Gasteiger partial charge is 0.545 e. The molecular weight excluding hydrogens is 508 g/mol. The van der Waals surface area contributed by atoms with Crippen molar-refractivity contribution in [2.75, 3.05) is 25.7 Å². The topological polar surface area (TPSA) is 116 Å². The van der Waals surface area contributed by atoms with E-state index in [2.05, 4.69) is 15.9 Å². The van der Waals surface area contributed by atoms with Gasteiger partial charge in [-0.15, -0.1) is 0 Å². The number of benzene rings is 2. The van der Waals surface area contributed by atoms with Gasteiger partial charge in [0.25, 0.3) is 5.91 Å². The Kier molecular flexibility index (Phi) is 8.06. The summed E-state index contributed by atoms with van der Waals surface area (Å²) in [7, 11) is 3.02. The van der Waals surface area contributed by atoms with Gasteiger partial charge in [0, 0.05) is 17.1 Å². The molecule has 1 atom stereocenters. The van der Waals surface area contributed by atoms with E-state index in [9.17, 15) is 24.3 Å². The van der Waals surface area contributed by atoms with E-state index in [1.807, 2.05) is 0 Å². The molecule has 1 fully saturated rings. The van der Waals surface area contributed by atoms with Crippen LogP contribution in [0.1, 0.15) is 12.0 Å². The Balaban J connectivity index is 1.86. The summed E-state index contributed by atoms with van der Waals surface area (Å²) in [5, 5.41) is 10.8. The van der Waals surface area contributed by atoms with Crippen LogP contribution in [0.5, 0.6) is 11.5 Å². The summed E-state index contributed by atoms with van der Waals surface area (Å²) in [5.74, 6) is -2.23.